The van der Waals surface area contributed by atoms with Gasteiger partial charge in [0.15, 0.2) is 8.32 Å². The highest BCUT2D eigenvalue weighted by atomic mass is 28.4. The minimum Gasteiger partial charge on any atom is -0.518 e. The predicted molar refractivity (Wildman–Crippen MR) is 133 cm³/mol. The highest BCUT2D eigenvalue weighted by molar-refractivity contribution is 6.71. The van der Waals surface area contributed by atoms with Crippen LogP contribution >= 0.6 is 0 Å². The Balaban J connectivity index is 3.78. The first-order chi connectivity index (χ1) is 13.5. The summed E-state index contributed by atoms with van der Waals surface area (Å²) in [5.41, 5.74) is 0. The van der Waals surface area contributed by atoms with Gasteiger partial charge in [0.1, 0.15) is 6.10 Å². The van der Waals surface area contributed by atoms with Gasteiger partial charge >= 0.3 is 5.97 Å². The Morgan fingerprint density at radius 2 is 1.00 bits per heavy atom. The lowest BCUT2D eigenvalue weighted by Gasteiger charge is -2.28. The van der Waals surface area contributed by atoms with E-state index in [1.807, 2.05) is 0 Å². The second kappa shape index (κ2) is 16.5. The van der Waals surface area contributed by atoms with E-state index in [0.29, 0.717) is 0 Å². The van der Waals surface area contributed by atoms with Crippen LogP contribution in [0.3, 0.4) is 0 Å². The van der Waals surface area contributed by atoms with Gasteiger partial charge in [-0.2, -0.15) is 0 Å². The average Bonchev–Trinajstić information content (AvgIpc) is 2.58. The summed E-state index contributed by atoms with van der Waals surface area (Å²) in [5, 5.41) is 0. The summed E-state index contributed by atoms with van der Waals surface area (Å²) in [6, 6.07) is 0. The Morgan fingerprint density at radius 3 is 1.34 bits per heavy atom. The van der Waals surface area contributed by atoms with Crippen LogP contribution in [0.4, 0.5) is 0 Å². The van der Waals surface area contributed by atoms with Crippen molar-refractivity contribution in [2.45, 2.75) is 149 Å². The van der Waals surface area contributed by atoms with Crippen LogP contribution in [0.15, 0.2) is 0 Å². The fourth-order valence-corrected chi connectivity index (χ4v) is 5.35. The third-order valence-electron chi connectivity index (χ3n) is 4.99. The summed E-state index contributed by atoms with van der Waals surface area (Å²) in [4.78, 5) is 12.5. The normalized spacial score (nSPS) is 13.5. The van der Waals surface area contributed by atoms with E-state index in [1.54, 1.807) is 0 Å². The molecule has 0 saturated heterocycles. The second-order valence-electron chi connectivity index (χ2n) is 10.6. The van der Waals surface area contributed by atoms with E-state index in [0.717, 1.165) is 12.8 Å². The van der Waals surface area contributed by atoms with Gasteiger partial charge in [0.05, 0.1) is 0 Å². The van der Waals surface area contributed by atoms with Crippen LogP contribution in [0.25, 0.3) is 0 Å². The molecule has 0 aliphatic rings. The lowest BCUT2D eigenvalue weighted by molar-refractivity contribution is -0.143. The Labute approximate surface area is 185 Å². The molecule has 0 bridgehead atoms. The molecule has 0 spiro atoms. The maximum absolute atomic E-state index is 12.5. The van der Waals surface area contributed by atoms with Gasteiger partial charge in [0.2, 0.25) is 8.32 Å². The second-order valence-corrected chi connectivity index (χ2v) is 19.5. The van der Waals surface area contributed by atoms with Crippen molar-refractivity contribution in [3.8, 4) is 0 Å². The molecule has 0 amide bonds. The number of rotatable bonds is 19. The van der Waals surface area contributed by atoms with Crippen molar-refractivity contribution in [2.24, 2.45) is 0 Å². The van der Waals surface area contributed by atoms with Gasteiger partial charge in [-0.1, -0.05) is 96.8 Å². The van der Waals surface area contributed by atoms with Gasteiger partial charge in [-0.15, -0.1) is 0 Å². The molecule has 0 aromatic heterocycles. The highest BCUT2D eigenvalue weighted by Crippen LogP contribution is 2.18. The number of unbranched alkanes of at least 4 members (excludes halogenated alkanes) is 13. The van der Waals surface area contributed by atoms with Crippen molar-refractivity contribution < 1.29 is 13.6 Å². The first kappa shape index (κ1) is 28.9. The summed E-state index contributed by atoms with van der Waals surface area (Å²) < 4.78 is 11.9. The smallest absolute Gasteiger partial charge is 0.320 e. The summed E-state index contributed by atoms with van der Waals surface area (Å²) in [7, 11) is -3.61. The largest absolute Gasteiger partial charge is 0.518 e. The molecule has 1 unspecified atom stereocenters. The van der Waals surface area contributed by atoms with Crippen molar-refractivity contribution in [3.63, 3.8) is 0 Å². The van der Waals surface area contributed by atoms with Crippen molar-refractivity contribution >= 4 is 22.6 Å². The van der Waals surface area contributed by atoms with E-state index in [-0.39, 0.29) is 12.1 Å². The highest BCUT2D eigenvalue weighted by Gasteiger charge is 2.30. The van der Waals surface area contributed by atoms with Gasteiger partial charge in [0, 0.05) is 0 Å². The van der Waals surface area contributed by atoms with E-state index < -0.39 is 16.6 Å². The summed E-state index contributed by atoms with van der Waals surface area (Å²) in [6.07, 6.45) is 19.4. The zero-order valence-electron chi connectivity index (χ0n) is 20.9. The van der Waals surface area contributed by atoms with Crippen molar-refractivity contribution in [1.29, 1.82) is 0 Å². The van der Waals surface area contributed by atoms with Gasteiger partial charge in [-0.05, 0) is 45.7 Å². The number of hydrogen-bond acceptors (Lipinski definition) is 3. The average molecular weight is 445 g/mol. The number of carbonyl (C=O) groups is 1. The standard InChI is InChI=1S/C24H52O3Si2/c1-8-9-10-11-12-13-14-15-16-17-18-19-20-21-22-23(26-28(2,3)4)24(25)27-29(5,6)7/h23H,8-22H2,1-7H3. The molecule has 0 radical (unpaired) electrons. The lowest BCUT2D eigenvalue weighted by Crippen LogP contribution is -2.41. The molecule has 0 heterocycles. The van der Waals surface area contributed by atoms with E-state index in [1.165, 1.54) is 83.5 Å². The van der Waals surface area contributed by atoms with Gasteiger partial charge in [-0.3, -0.25) is 4.79 Å². The monoisotopic (exact) mass is 444 g/mol. The van der Waals surface area contributed by atoms with Crippen LogP contribution in [-0.4, -0.2) is 28.7 Å². The first-order valence-electron chi connectivity index (χ1n) is 12.5. The lowest BCUT2D eigenvalue weighted by atomic mass is 10.0. The van der Waals surface area contributed by atoms with E-state index in [9.17, 15) is 4.79 Å². The van der Waals surface area contributed by atoms with E-state index in [2.05, 4.69) is 46.2 Å². The molecular weight excluding hydrogens is 392 g/mol. The summed E-state index contributed by atoms with van der Waals surface area (Å²) in [6.45, 7) is 14.9. The fourth-order valence-electron chi connectivity index (χ4n) is 3.54. The maximum atomic E-state index is 12.5. The zero-order chi connectivity index (χ0) is 22.2. The Kier molecular flexibility index (Phi) is 16.5. The predicted octanol–water partition coefficient (Wildman–Crippen LogP) is 8.46. The Morgan fingerprint density at radius 1 is 0.621 bits per heavy atom. The third-order valence-corrected chi connectivity index (χ3v) is 6.79. The minimum atomic E-state index is -1.86. The summed E-state index contributed by atoms with van der Waals surface area (Å²) in [5.74, 6) is -0.124. The minimum absolute atomic E-state index is 0.124. The molecule has 3 nitrogen and oxygen atoms in total. The Bertz CT molecular complexity index is 400. The number of hydrogen-bond donors (Lipinski definition) is 0. The fraction of sp³-hybridized carbons (Fsp3) is 0.958. The molecule has 0 saturated carbocycles. The van der Waals surface area contributed by atoms with Crippen molar-refractivity contribution in [2.75, 3.05) is 0 Å². The van der Waals surface area contributed by atoms with Gasteiger partial charge in [-0.25, -0.2) is 0 Å². The summed E-state index contributed by atoms with van der Waals surface area (Å²) >= 11 is 0. The molecule has 0 aliphatic heterocycles. The molecule has 0 aromatic rings. The molecule has 5 heteroatoms. The molecule has 1 atom stereocenters. The molecule has 0 fully saturated rings. The van der Waals surface area contributed by atoms with Crippen LogP contribution in [0.5, 0.6) is 0 Å². The topological polar surface area (TPSA) is 35.5 Å². The molecular formula is C24H52O3Si2. The third kappa shape index (κ3) is 20.9. The SMILES string of the molecule is CCCCCCCCCCCCCCCCC(O[Si](C)(C)C)C(=O)O[Si](C)(C)C. The van der Waals surface area contributed by atoms with Crippen LogP contribution in [0.1, 0.15) is 103 Å². The quantitative estimate of drug-likeness (QED) is 0.148. The first-order valence-corrected chi connectivity index (χ1v) is 19.3. The van der Waals surface area contributed by atoms with Crippen LogP contribution in [-0.2, 0) is 13.6 Å². The molecule has 0 rings (SSSR count). The van der Waals surface area contributed by atoms with Crippen LogP contribution in [0.2, 0.25) is 39.3 Å². The molecule has 29 heavy (non-hydrogen) atoms. The van der Waals surface area contributed by atoms with Gasteiger partial charge < -0.3 is 8.85 Å². The van der Waals surface area contributed by atoms with Crippen molar-refractivity contribution in [3.05, 3.63) is 0 Å². The maximum Gasteiger partial charge on any atom is 0.320 e. The molecule has 174 valence electrons. The Hall–Kier alpha value is -0.136. The molecule has 0 N–H and O–H groups in total. The molecule has 0 aliphatic carbocycles. The van der Waals surface area contributed by atoms with Crippen LogP contribution in [0, 0.1) is 0 Å². The van der Waals surface area contributed by atoms with Crippen LogP contribution < -0.4 is 0 Å². The van der Waals surface area contributed by atoms with Crippen molar-refractivity contribution in [1.82, 2.24) is 0 Å². The van der Waals surface area contributed by atoms with E-state index in [4.69, 9.17) is 8.85 Å². The number of carbonyl (C=O) groups excluding carboxylic acids is 1. The molecule has 0 aromatic carbocycles. The zero-order valence-corrected chi connectivity index (χ0v) is 22.9. The van der Waals surface area contributed by atoms with E-state index >= 15 is 0 Å². The van der Waals surface area contributed by atoms with Gasteiger partial charge in [0.25, 0.3) is 0 Å².